The predicted molar refractivity (Wildman–Crippen MR) is 87.7 cm³/mol. The zero-order valence-corrected chi connectivity index (χ0v) is 13.6. The first-order valence-electron chi connectivity index (χ1n) is 7.09. The van der Waals surface area contributed by atoms with Gasteiger partial charge in [-0.25, -0.2) is 4.98 Å². The van der Waals surface area contributed by atoms with Gasteiger partial charge in [-0.3, -0.25) is 4.79 Å². The highest BCUT2D eigenvalue weighted by atomic mass is 32.2. The normalized spacial score (nSPS) is 12.0. The Hall–Kier alpha value is -1.23. The van der Waals surface area contributed by atoms with Gasteiger partial charge in [0, 0.05) is 23.8 Å². The number of pyridine rings is 1. The first kappa shape index (κ1) is 16.8. The van der Waals surface area contributed by atoms with Crippen molar-refractivity contribution in [1.29, 1.82) is 0 Å². The SMILES string of the molecule is CCCNc1cc(C(=O)NC(C)CCSC)cc(C)n1. The number of carbonyl (C=O) groups excluding carboxylic acids is 1. The van der Waals surface area contributed by atoms with Gasteiger partial charge in [0.1, 0.15) is 5.82 Å². The Morgan fingerprint density at radius 1 is 1.45 bits per heavy atom. The quantitative estimate of drug-likeness (QED) is 0.774. The maximum absolute atomic E-state index is 12.2. The van der Waals surface area contributed by atoms with Crippen LogP contribution >= 0.6 is 11.8 Å². The van der Waals surface area contributed by atoms with E-state index in [4.69, 9.17) is 0 Å². The molecule has 1 unspecified atom stereocenters. The third-order valence-corrected chi connectivity index (χ3v) is 3.55. The molecule has 0 radical (unpaired) electrons. The van der Waals surface area contributed by atoms with Gasteiger partial charge >= 0.3 is 0 Å². The first-order chi connectivity index (χ1) is 9.56. The highest BCUT2D eigenvalue weighted by molar-refractivity contribution is 7.98. The molecule has 0 saturated carbocycles. The zero-order chi connectivity index (χ0) is 15.0. The van der Waals surface area contributed by atoms with Gasteiger partial charge in [-0.2, -0.15) is 11.8 Å². The van der Waals surface area contributed by atoms with E-state index in [1.807, 2.05) is 26.0 Å². The maximum Gasteiger partial charge on any atom is 0.251 e. The smallest absolute Gasteiger partial charge is 0.251 e. The number of nitrogens with zero attached hydrogens (tertiary/aromatic N) is 1. The Balaban J connectivity index is 2.69. The minimum absolute atomic E-state index is 0.0244. The van der Waals surface area contributed by atoms with Crippen LogP contribution in [0.1, 0.15) is 42.7 Å². The van der Waals surface area contributed by atoms with Crippen LogP contribution in [0.2, 0.25) is 0 Å². The summed E-state index contributed by atoms with van der Waals surface area (Å²) in [6.07, 6.45) is 4.09. The van der Waals surface area contributed by atoms with Crippen molar-refractivity contribution in [2.24, 2.45) is 0 Å². The molecule has 5 heteroatoms. The van der Waals surface area contributed by atoms with Gasteiger partial charge in [0.2, 0.25) is 0 Å². The summed E-state index contributed by atoms with van der Waals surface area (Å²) in [5.41, 5.74) is 1.53. The number of hydrogen-bond acceptors (Lipinski definition) is 4. The van der Waals surface area contributed by atoms with Crippen LogP contribution in [0.5, 0.6) is 0 Å². The highest BCUT2D eigenvalue weighted by Gasteiger charge is 2.11. The Morgan fingerprint density at radius 2 is 2.20 bits per heavy atom. The summed E-state index contributed by atoms with van der Waals surface area (Å²) in [6.45, 7) is 6.91. The van der Waals surface area contributed by atoms with Gasteiger partial charge in [-0.1, -0.05) is 6.92 Å². The van der Waals surface area contributed by atoms with Crippen LogP contribution in [0.3, 0.4) is 0 Å². The van der Waals surface area contributed by atoms with E-state index in [0.717, 1.165) is 36.7 Å². The minimum Gasteiger partial charge on any atom is -0.370 e. The van der Waals surface area contributed by atoms with E-state index >= 15 is 0 Å². The lowest BCUT2D eigenvalue weighted by Gasteiger charge is -2.14. The number of anilines is 1. The number of rotatable bonds is 8. The molecule has 0 aliphatic carbocycles. The van der Waals surface area contributed by atoms with Crippen molar-refractivity contribution in [3.63, 3.8) is 0 Å². The molecule has 1 amide bonds. The van der Waals surface area contributed by atoms with Gasteiger partial charge in [-0.15, -0.1) is 0 Å². The van der Waals surface area contributed by atoms with Crippen LogP contribution in [-0.4, -0.2) is 35.5 Å². The third kappa shape index (κ3) is 5.82. The van der Waals surface area contributed by atoms with Gasteiger partial charge in [0.05, 0.1) is 0 Å². The number of carbonyl (C=O) groups is 1. The highest BCUT2D eigenvalue weighted by Crippen LogP contribution is 2.11. The van der Waals surface area contributed by atoms with Crippen LogP contribution < -0.4 is 10.6 Å². The lowest BCUT2D eigenvalue weighted by molar-refractivity contribution is 0.0939. The van der Waals surface area contributed by atoms with Gasteiger partial charge in [-0.05, 0) is 50.8 Å². The molecule has 1 rings (SSSR count). The number of amides is 1. The summed E-state index contributed by atoms with van der Waals surface area (Å²) < 4.78 is 0. The molecule has 20 heavy (non-hydrogen) atoms. The van der Waals surface area contributed by atoms with E-state index in [1.165, 1.54) is 0 Å². The first-order valence-corrected chi connectivity index (χ1v) is 8.48. The molecule has 0 fully saturated rings. The molecule has 1 heterocycles. The molecular weight excluding hydrogens is 270 g/mol. The van der Waals surface area contributed by atoms with Crippen molar-refractivity contribution in [3.05, 3.63) is 23.4 Å². The summed E-state index contributed by atoms with van der Waals surface area (Å²) in [5, 5.41) is 6.26. The Morgan fingerprint density at radius 3 is 2.85 bits per heavy atom. The number of aromatic nitrogens is 1. The van der Waals surface area contributed by atoms with Gasteiger partial charge in [0.15, 0.2) is 0 Å². The van der Waals surface area contributed by atoms with Crippen molar-refractivity contribution in [2.45, 2.75) is 39.7 Å². The molecule has 0 aliphatic rings. The van der Waals surface area contributed by atoms with Crippen LogP contribution in [-0.2, 0) is 0 Å². The van der Waals surface area contributed by atoms with E-state index in [1.54, 1.807) is 11.8 Å². The molecule has 0 bridgehead atoms. The Kier molecular flexibility index (Phi) is 7.44. The fourth-order valence-electron chi connectivity index (χ4n) is 1.82. The van der Waals surface area contributed by atoms with E-state index < -0.39 is 0 Å². The lowest BCUT2D eigenvalue weighted by Crippen LogP contribution is -2.33. The molecule has 1 aromatic rings. The van der Waals surface area contributed by atoms with Crippen molar-refractivity contribution in [2.75, 3.05) is 23.9 Å². The molecular formula is C15H25N3OS. The van der Waals surface area contributed by atoms with E-state index in [0.29, 0.717) is 5.56 Å². The molecule has 1 atom stereocenters. The molecule has 0 aliphatic heterocycles. The molecule has 0 spiro atoms. The zero-order valence-electron chi connectivity index (χ0n) is 12.8. The fraction of sp³-hybridized carbons (Fsp3) is 0.600. The molecule has 112 valence electrons. The number of thioether (sulfide) groups is 1. The molecule has 1 aromatic heterocycles. The molecule has 4 nitrogen and oxygen atoms in total. The van der Waals surface area contributed by atoms with E-state index in [9.17, 15) is 4.79 Å². The molecule has 2 N–H and O–H groups in total. The average molecular weight is 295 g/mol. The minimum atomic E-state index is -0.0244. The fourth-order valence-corrected chi connectivity index (χ4v) is 2.41. The summed E-state index contributed by atoms with van der Waals surface area (Å²) in [5.74, 6) is 1.80. The number of aryl methyl sites for hydroxylation is 1. The van der Waals surface area contributed by atoms with Crippen LogP contribution in [0.4, 0.5) is 5.82 Å². The summed E-state index contributed by atoms with van der Waals surface area (Å²) >= 11 is 1.80. The summed E-state index contributed by atoms with van der Waals surface area (Å²) in [7, 11) is 0. The molecule has 0 aromatic carbocycles. The van der Waals surface area contributed by atoms with E-state index in [-0.39, 0.29) is 11.9 Å². The summed E-state index contributed by atoms with van der Waals surface area (Å²) in [4.78, 5) is 16.6. The average Bonchev–Trinajstić information content (AvgIpc) is 2.42. The van der Waals surface area contributed by atoms with Gasteiger partial charge < -0.3 is 10.6 Å². The van der Waals surface area contributed by atoms with Gasteiger partial charge in [0.25, 0.3) is 5.91 Å². The summed E-state index contributed by atoms with van der Waals surface area (Å²) in [6, 6.07) is 3.84. The monoisotopic (exact) mass is 295 g/mol. The van der Waals surface area contributed by atoms with Crippen molar-refractivity contribution in [3.8, 4) is 0 Å². The Bertz CT molecular complexity index is 437. The van der Waals surface area contributed by atoms with Crippen molar-refractivity contribution in [1.82, 2.24) is 10.3 Å². The second-order valence-corrected chi connectivity index (χ2v) is 5.95. The van der Waals surface area contributed by atoms with Crippen LogP contribution in [0.15, 0.2) is 12.1 Å². The van der Waals surface area contributed by atoms with Crippen LogP contribution in [0, 0.1) is 6.92 Å². The van der Waals surface area contributed by atoms with Crippen molar-refractivity contribution < 1.29 is 4.79 Å². The largest absolute Gasteiger partial charge is 0.370 e. The Labute approximate surface area is 126 Å². The third-order valence-electron chi connectivity index (χ3n) is 2.90. The van der Waals surface area contributed by atoms with Crippen LogP contribution in [0.25, 0.3) is 0 Å². The second kappa shape index (κ2) is 8.84. The predicted octanol–water partition coefficient (Wildman–Crippen LogP) is 3.08. The topological polar surface area (TPSA) is 54.0 Å². The number of nitrogens with one attached hydrogen (secondary N) is 2. The maximum atomic E-state index is 12.2. The molecule has 0 saturated heterocycles. The van der Waals surface area contributed by atoms with E-state index in [2.05, 4.69) is 28.8 Å². The van der Waals surface area contributed by atoms with Crippen molar-refractivity contribution >= 4 is 23.5 Å². The lowest BCUT2D eigenvalue weighted by atomic mass is 10.2. The second-order valence-electron chi connectivity index (χ2n) is 4.97. The number of hydrogen-bond donors (Lipinski definition) is 2. The standard InChI is InChI=1S/C15H25N3OS/c1-5-7-16-14-10-13(9-12(3)17-14)15(19)18-11(2)6-8-20-4/h9-11H,5-8H2,1-4H3,(H,16,17)(H,18,19).